The third-order valence-corrected chi connectivity index (χ3v) is 2.47. The highest BCUT2D eigenvalue weighted by Gasteiger charge is 2.29. The van der Waals surface area contributed by atoms with E-state index in [1.54, 1.807) is 13.2 Å². The molecule has 2 N–H and O–H groups in total. The normalized spacial score (nSPS) is 25.8. The average molecular weight is 180 g/mol. The topological polar surface area (TPSA) is 49.7 Å². The molecule has 2 atom stereocenters. The summed E-state index contributed by atoms with van der Waals surface area (Å²) in [5.41, 5.74) is 1.78. The van der Waals surface area contributed by atoms with Crippen LogP contribution in [0.15, 0.2) is 18.2 Å². The van der Waals surface area contributed by atoms with E-state index in [0.29, 0.717) is 12.2 Å². The van der Waals surface area contributed by atoms with Crippen LogP contribution in [0.5, 0.6) is 5.75 Å². The van der Waals surface area contributed by atoms with E-state index >= 15 is 0 Å². The molecule has 0 fully saturated rings. The second kappa shape index (κ2) is 3.01. The summed E-state index contributed by atoms with van der Waals surface area (Å²) >= 11 is 0. The number of aliphatic hydroxyl groups is 2. The molecule has 1 aromatic rings. The third kappa shape index (κ3) is 1.30. The summed E-state index contributed by atoms with van der Waals surface area (Å²) in [5.74, 6) is 0.715. The molecule has 0 bridgehead atoms. The minimum Gasteiger partial charge on any atom is -0.497 e. The van der Waals surface area contributed by atoms with Gasteiger partial charge in [-0.25, -0.2) is 0 Å². The van der Waals surface area contributed by atoms with Crippen molar-refractivity contribution in [2.24, 2.45) is 0 Å². The first-order chi connectivity index (χ1) is 6.22. The van der Waals surface area contributed by atoms with Crippen molar-refractivity contribution < 1.29 is 14.9 Å². The van der Waals surface area contributed by atoms with Gasteiger partial charge in [-0.15, -0.1) is 0 Å². The fraction of sp³-hybridized carbons (Fsp3) is 0.400. The van der Waals surface area contributed by atoms with Crippen LogP contribution < -0.4 is 4.74 Å². The molecule has 3 heteroatoms. The van der Waals surface area contributed by atoms with Gasteiger partial charge >= 0.3 is 0 Å². The summed E-state index contributed by atoms with van der Waals surface area (Å²) in [5, 5.41) is 19.0. The number of aliphatic hydroxyl groups excluding tert-OH is 2. The van der Waals surface area contributed by atoms with Gasteiger partial charge in [-0.1, -0.05) is 6.07 Å². The minimum absolute atomic E-state index is 0.528. The van der Waals surface area contributed by atoms with Gasteiger partial charge in [-0.3, -0.25) is 0 Å². The number of rotatable bonds is 1. The lowest BCUT2D eigenvalue weighted by molar-refractivity contribution is 0.0325. The molecule has 1 aromatic carbocycles. The Balaban J connectivity index is 2.42. The first-order valence-corrected chi connectivity index (χ1v) is 4.25. The van der Waals surface area contributed by atoms with Crippen LogP contribution >= 0.6 is 0 Å². The third-order valence-electron chi connectivity index (χ3n) is 2.47. The molecule has 1 aliphatic rings. The molecular formula is C10H12O3. The molecule has 1 aliphatic carbocycles. The summed E-state index contributed by atoms with van der Waals surface area (Å²) in [6, 6.07) is 5.49. The SMILES string of the molecule is COc1ccc2c(c1)[C@H](O)[C@@H](O)C2. The number of hydrogen-bond acceptors (Lipinski definition) is 3. The van der Waals surface area contributed by atoms with Crippen molar-refractivity contribution >= 4 is 0 Å². The van der Waals surface area contributed by atoms with Crippen molar-refractivity contribution in [2.75, 3.05) is 7.11 Å². The highest BCUT2D eigenvalue weighted by atomic mass is 16.5. The van der Waals surface area contributed by atoms with E-state index in [0.717, 1.165) is 11.1 Å². The maximum Gasteiger partial charge on any atom is 0.119 e. The Labute approximate surface area is 76.6 Å². The number of ether oxygens (including phenoxy) is 1. The lowest BCUT2D eigenvalue weighted by Crippen LogP contribution is -2.11. The van der Waals surface area contributed by atoms with Crippen LogP contribution in [0.3, 0.4) is 0 Å². The van der Waals surface area contributed by atoms with Gasteiger partial charge in [0, 0.05) is 6.42 Å². The molecule has 3 nitrogen and oxygen atoms in total. The van der Waals surface area contributed by atoms with Gasteiger partial charge < -0.3 is 14.9 Å². The molecule has 2 rings (SSSR count). The highest BCUT2D eigenvalue weighted by molar-refractivity contribution is 5.41. The second-order valence-corrected chi connectivity index (χ2v) is 3.28. The van der Waals surface area contributed by atoms with Crippen LogP contribution in [0.1, 0.15) is 17.2 Å². The van der Waals surface area contributed by atoms with Crippen molar-refractivity contribution in [3.63, 3.8) is 0 Å². The van der Waals surface area contributed by atoms with Crippen molar-refractivity contribution in [2.45, 2.75) is 18.6 Å². The van der Waals surface area contributed by atoms with Gasteiger partial charge in [0.05, 0.1) is 13.2 Å². The lowest BCUT2D eigenvalue weighted by Gasteiger charge is -2.08. The number of fused-ring (bicyclic) bond motifs is 1. The average Bonchev–Trinajstić information content (AvgIpc) is 2.43. The quantitative estimate of drug-likeness (QED) is 0.667. The van der Waals surface area contributed by atoms with E-state index in [1.165, 1.54) is 0 Å². The predicted octanol–water partition coefficient (Wildman–Crippen LogP) is 0.646. The van der Waals surface area contributed by atoms with Crippen LogP contribution in [0.25, 0.3) is 0 Å². The van der Waals surface area contributed by atoms with Gasteiger partial charge in [0.1, 0.15) is 11.9 Å². The molecule has 0 heterocycles. The van der Waals surface area contributed by atoms with Crippen LogP contribution in [-0.4, -0.2) is 23.4 Å². The highest BCUT2D eigenvalue weighted by Crippen LogP contribution is 2.33. The van der Waals surface area contributed by atoms with Crippen molar-refractivity contribution in [1.82, 2.24) is 0 Å². The largest absolute Gasteiger partial charge is 0.497 e. The van der Waals surface area contributed by atoms with Gasteiger partial charge in [-0.05, 0) is 23.3 Å². The Bertz CT molecular complexity index is 322. The molecule has 0 unspecified atom stereocenters. The molecule has 70 valence electrons. The maximum absolute atomic E-state index is 9.56. The van der Waals surface area contributed by atoms with E-state index in [1.807, 2.05) is 12.1 Å². The summed E-state index contributed by atoms with van der Waals surface area (Å²) in [6.07, 6.45) is -0.896. The van der Waals surface area contributed by atoms with Crippen LogP contribution in [0.4, 0.5) is 0 Å². The monoisotopic (exact) mass is 180 g/mol. The molecule has 0 aromatic heterocycles. The molecule has 0 saturated heterocycles. The smallest absolute Gasteiger partial charge is 0.119 e. The Morgan fingerprint density at radius 3 is 2.85 bits per heavy atom. The van der Waals surface area contributed by atoms with E-state index in [4.69, 9.17) is 4.74 Å². The fourth-order valence-corrected chi connectivity index (χ4v) is 1.71. The molecule has 0 radical (unpaired) electrons. The Morgan fingerprint density at radius 1 is 1.38 bits per heavy atom. The molecular weight excluding hydrogens is 168 g/mol. The zero-order valence-electron chi connectivity index (χ0n) is 7.40. The number of hydrogen-bond donors (Lipinski definition) is 2. The van der Waals surface area contributed by atoms with Gasteiger partial charge in [0.15, 0.2) is 0 Å². The predicted molar refractivity (Wildman–Crippen MR) is 47.7 cm³/mol. The Morgan fingerprint density at radius 2 is 2.15 bits per heavy atom. The molecule has 13 heavy (non-hydrogen) atoms. The Kier molecular flexibility index (Phi) is 1.98. The van der Waals surface area contributed by atoms with Crippen molar-refractivity contribution in [3.05, 3.63) is 29.3 Å². The zero-order valence-corrected chi connectivity index (χ0v) is 7.40. The second-order valence-electron chi connectivity index (χ2n) is 3.28. The van der Waals surface area contributed by atoms with E-state index < -0.39 is 12.2 Å². The summed E-state index contributed by atoms with van der Waals surface area (Å²) in [4.78, 5) is 0. The number of methoxy groups -OCH3 is 1. The molecule has 0 aliphatic heterocycles. The summed E-state index contributed by atoms with van der Waals surface area (Å²) < 4.78 is 5.03. The van der Waals surface area contributed by atoms with Gasteiger partial charge in [0.2, 0.25) is 0 Å². The maximum atomic E-state index is 9.56. The standard InChI is InChI=1S/C10H12O3/c1-13-7-3-2-6-4-9(11)10(12)8(6)5-7/h2-3,5,9-12H,4H2,1H3/t9-,10-/m0/s1. The van der Waals surface area contributed by atoms with Crippen LogP contribution in [0.2, 0.25) is 0 Å². The van der Waals surface area contributed by atoms with Crippen LogP contribution in [0, 0.1) is 0 Å². The lowest BCUT2D eigenvalue weighted by atomic mass is 10.1. The Hall–Kier alpha value is -1.06. The van der Waals surface area contributed by atoms with Crippen molar-refractivity contribution in [3.8, 4) is 5.75 Å². The summed E-state index contributed by atoms with van der Waals surface area (Å²) in [6.45, 7) is 0. The summed E-state index contributed by atoms with van der Waals surface area (Å²) in [7, 11) is 1.58. The van der Waals surface area contributed by atoms with Crippen molar-refractivity contribution in [1.29, 1.82) is 0 Å². The number of benzene rings is 1. The van der Waals surface area contributed by atoms with Gasteiger partial charge in [-0.2, -0.15) is 0 Å². The first-order valence-electron chi connectivity index (χ1n) is 4.25. The van der Waals surface area contributed by atoms with E-state index in [9.17, 15) is 10.2 Å². The molecule has 0 amide bonds. The van der Waals surface area contributed by atoms with E-state index in [-0.39, 0.29) is 0 Å². The fourth-order valence-electron chi connectivity index (χ4n) is 1.71. The van der Waals surface area contributed by atoms with Crippen LogP contribution in [-0.2, 0) is 6.42 Å². The van der Waals surface area contributed by atoms with Gasteiger partial charge in [0.25, 0.3) is 0 Å². The zero-order chi connectivity index (χ0) is 9.42. The minimum atomic E-state index is -0.759. The molecule has 0 saturated carbocycles. The molecule has 0 spiro atoms. The first kappa shape index (κ1) is 8.53. The van der Waals surface area contributed by atoms with E-state index in [2.05, 4.69) is 0 Å².